The summed E-state index contributed by atoms with van der Waals surface area (Å²) in [6.07, 6.45) is 3.25. The van der Waals surface area contributed by atoms with Gasteiger partial charge in [-0.15, -0.1) is 11.5 Å². The second kappa shape index (κ2) is 13.9. The number of hydrogen-bond donors (Lipinski definition) is 0. The molecule has 0 saturated heterocycles. The summed E-state index contributed by atoms with van der Waals surface area (Å²) in [5.41, 5.74) is 0. The van der Waals surface area contributed by atoms with Crippen molar-refractivity contribution in [2.24, 2.45) is 11.8 Å². The van der Waals surface area contributed by atoms with Crippen LogP contribution in [0.1, 0.15) is 54.4 Å². The third-order valence-corrected chi connectivity index (χ3v) is 1.95. The first-order valence-corrected chi connectivity index (χ1v) is 6.80. The first-order valence-electron chi connectivity index (χ1n) is 6.80. The molecule has 0 unspecified atom stereocenters. The summed E-state index contributed by atoms with van der Waals surface area (Å²) >= 11 is 0. The molecule has 0 aliphatic carbocycles. The van der Waals surface area contributed by atoms with Gasteiger partial charge in [0.05, 0.1) is 0 Å². The second-order valence-electron chi connectivity index (χ2n) is 5.64. The fourth-order valence-electron chi connectivity index (χ4n) is 1.38. The van der Waals surface area contributed by atoms with Gasteiger partial charge >= 0.3 is 16.5 Å². The third kappa shape index (κ3) is 24.3. The molecule has 0 atom stereocenters. The van der Waals surface area contributed by atoms with E-state index in [4.69, 9.17) is 0 Å². The van der Waals surface area contributed by atoms with E-state index < -0.39 is 0 Å². The van der Waals surface area contributed by atoms with Gasteiger partial charge in [0, 0.05) is 0 Å². The third-order valence-electron chi connectivity index (χ3n) is 1.95. The summed E-state index contributed by atoms with van der Waals surface area (Å²) in [5.74, 6) is 0.215. The number of hydrogen-bond acceptors (Lipinski definition) is 4. The van der Waals surface area contributed by atoms with Gasteiger partial charge in [-0.05, 0) is 50.7 Å². The van der Waals surface area contributed by atoms with E-state index in [9.17, 15) is 19.8 Å². The largest absolute Gasteiger partial charge is 2.00 e. The first kappa shape index (κ1) is 24.9. The first-order chi connectivity index (χ1) is 9.04. The minimum absolute atomic E-state index is 0. The predicted molar refractivity (Wildman–Crippen MR) is 76.4 cm³/mol. The van der Waals surface area contributed by atoms with Crippen LogP contribution in [0, 0.1) is 11.8 Å². The maximum Gasteiger partial charge on any atom is 2.00 e. The molecule has 0 aliphatic heterocycles. The Hall–Kier alpha value is -1.09. The van der Waals surface area contributed by atoms with Crippen molar-refractivity contribution in [1.82, 2.24) is 0 Å². The number of carbonyl (C=O) groups is 2. The quantitative estimate of drug-likeness (QED) is 0.419. The van der Waals surface area contributed by atoms with Crippen LogP contribution in [-0.2, 0) is 26.1 Å². The molecule has 0 aromatic heterocycles. The average molecular weight is 341 g/mol. The standard InChI is InChI=1S/2C8H14O2.Ni/c2*1-6(2)4-8(10)5-7(3)9;/h2*5-6,10H,4H2,1-3H3;/q;;+2/p-2. The van der Waals surface area contributed by atoms with Crippen LogP contribution in [0.2, 0.25) is 0 Å². The van der Waals surface area contributed by atoms with E-state index in [0.29, 0.717) is 24.7 Å². The summed E-state index contributed by atoms with van der Waals surface area (Å²) in [6.45, 7) is 10.6. The van der Waals surface area contributed by atoms with Gasteiger partial charge in [0.2, 0.25) is 0 Å². The van der Waals surface area contributed by atoms with Crippen LogP contribution in [0.15, 0.2) is 23.7 Å². The molecule has 0 heterocycles. The summed E-state index contributed by atoms with van der Waals surface area (Å²) in [7, 11) is 0. The molecule has 124 valence electrons. The van der Waals surface area contributed by atoms with Gasteiger partial charge in [-0.2, -0.15) is 0 Å². The molecule has 0 rings (SSSR count). The van der Waals surface area contributed by atoms with E-state index in [0.717, 1.165) is 12.2 Å². The molecule has 0 radical (unpaired) electrons. The molecule has 0 fully saturated rings. The number of carbonyl (C=O) groups excluding carboxylic acids is 2. The Bertz CT molecular complexity index is 332. The Kier molecular flexibility index (Phi) is 16.5. The molecule has 4 nitrogen and oxygen atoms in total. The molecule has 21 heavy (non-hydrogen) atoms. The van der Waals surface area contributed by atoms with Crippen LogP contribution in [0.4, 0.5) is 0 Å². The Morgan fingerprint density at radius 1 is 0.810 bits per heavy atom. The molecule has 0 bridgehead atoms. The zero-order valence-electron chi connectivity index (χ0n) is 13.7. The Morgan fingerprint density at radius 2 is 1.05 bits per heavy atom. The molecule has 0 aliphatic rings. The van der Waals surface area contributed by atoms with Crippen LogP contribution in [-0.4, -0.2) is 11.6 Å². The minimum atomic E-state index is -0.161. The van der Waals surface area contributed by atoms with E-state index >= 15 is 0 Å². The predicted octanol–water partition coefficient (Wildman–Crippen LogP) is 1.73. The second-order valence-corrected chi connectivity index (χ2v) is 5.64. The number of rotatable bonds is 6. The molecule has 0 aromatic carbocycles. The zero-order chi connectivity index (χ0) is 16.3. The summed E-state index contributed by atoms with van der Waals surface area (Å²) in [6, 6.07) is 0. The smallest absolute Gasteiger partial charge is 0.875 e. The van der Waals surface area contributed by atoms with Crippen molar-refractivity contribution >= 4 is 11.6 Å². The fourth-order valence-corrected chi connectivity index (χ4v) is 1.38. The maximum atomic E-state index is 10.8. The molecule has 0 aromatic rings. The van der Waals surface area contributed by atoms with Crippen LogP contribution >= 0.6 is 0 Å². The Balaban J connectivity index is -0.000000295. The van der Waals surface area contributed by atoms with E-state index in [-0.39, 0.29) is 39.6 Å². The topological polar surface area (TPSA) is 80.3 Å². The molecular weight excluding hydrogens is 315 g/mol. The van der Waals surface area contributed by atoms with Crippen molar-refractivity contribution in [2.75, 3.05) is 0 Å². The van der Waals surface area contributed by atoms with Gasteiger partial charge in [0.15, 0.2) is 11.6 Å². The van der Waals surface area contributed by atoms with E-state index in [1.165, 1.54) is 13.8 Å². The van der Waals surface area contributed by atoms with E-state index in [2.05, 4.69) is 0 Å². The SMILES string of the molecule is CC(=O)C=C([O-])CC(C)C.CC(=O)C=C([O-])CC(C)C.[Ni+2]. The summed E-state index contributed by atoms with van der Waals surface area (Å²) < 4.78 is 0. The molecule has 0 N–H and O–H groups in total. The van der Waals surface area contributed by atoms with Gasteiger partial charge in [0.1, 0.15) is 0 Å². The van der Waals surface area contributed by atoms with E-state index in [1.54, 1.807) is 0 Å². The normalized spacial score (nSPS) is 11.6. The summed E-state index contributed by atoms with van der Waals surface area (Å²) in [4.78, 5) is 20.7. The van der Waals surface area contributed by atoms with Crippen LogP contribution in [0.5, 0.6) is 0 Å². The molecule has 0 spiro atoms. The molecule has 0 saturated carbocycles. The van der Waals surface area contributed by atoms with Crippen molar-refractivity contribution in [3.63, 3.8) is 0 Å². The monoisotopic (exact) mass is 340 g/mol. The van der Waals surface area contributed by atoms with Crippen molar-refractivity contribution in [1.29, 1.82) is 0 Å². The average Bonchev–Trinajstić information content (AvgIpc) is 2.11. The van der Waals surface area contributed by atoms with Crippen molar-refractivity contribution in [2.45, 2.75) is 54.4 Å². The van der Waals surface area contributed by atoms with Gasteiger partial charge in [-0.1, -0.05) is 27.7 Å². The minimum Gasteiger partial charge on any atom is -0.875 e. The zero-order valence-corrected chi connectivity index (χ0v) is 14.7. The molecule has 5 heteroatoms. The maximum absolute atomic E-state index is 10.8. The van der Waals surface area contributed by atoms with Gasteiger partial charge < -0.3 is 10.2 Å². The van der Waals surface area contributed by atoms with Crippen molar-refractivity contribution in [3.05, 3.63) is 23.7 Å². The van der Waals surface area contributed by atoms with E-state index in [1.807, 2.05) is 27.7 Å². The molecule has 0 amide bonds. The van der Waals surface area contributed by atoms with Crippen molar-refractivity contribution in [3.8, 4) is 0 Å². The number of ketones is 2. The summed E-state index contributed by atoms with van der Waals surface area (Å²) in [5, 5.41) is 21.6. The van der Waals surface area contributed by atoms with Gasteiger partial charge in [-0.3, -0.25) is 9.59 Å². The Labute approximate surface area is 138 Å². The van der Waals surface area contributed by atoms with Crippen LogP contribution in [0.25, 0.3) is 0 Å². The van der Waals surface area contributed by atoms with Gasteiger partial charge in [0.25, 0.3) is 0 Å². The fraction of sp³-hybridized carbons (Fsp3) is 0.625. The van der Waals surface area contributed by atoms with Crippen LogP contribution in [0.3, 0.4) is 0 Å². The number of allylic oxidation sites excluding steroid dienone is 4. The molecular formula is C16H26NiO4. The van der Waals surface area contributed by atoms with Crippen LogP contribution < -0.4 is 10.2 Å². The Morgan fingerprint density at radius 3 is 1.19 bits per heavy atom. The van der Waals surface area contributed by atoms with Gasteiger partial charge in [-0.25, -0.2) is 0 Å². The van der Waals surface area contributed by atoms with Crippen molar-refractivity contribution < 1.29 is 36.3 Å².